The highest BCUT2D eigenvalue weighted by Crippen LogP contribution is 2.47. The van der Waals surface area contributed by atoms with E-state index in [1.807, 2.05) is 6.07 Å². The van der Waals surface area contributed by atoms with Crippen LogP contribution >= 0.6 is 11.6 Å². The molecule has 0 atom stereocenters. The predicted octanol–water partition coefficient (Wildman–Crippen LogP) is 6.14. The molecule has 1 amide bonds. The highest BCUT2D eigenvalue weighted by atomic mass is 35.5. The first-order valence-corrected chi connectivity index (χ1v) is 15.1. The molecule has 2 aliphatic rings. The normalized spacial score (nSPS) is 19.2. The molecule has 0 radical (unpaired) electrons. The van der Waals surface area contributed by atoms with E-state index in [0.29, 0.717) is 46.0 Å². The molecule has 2 saturated carbocycles. The van der Waals surface area contributed by atoms with Crippen molar-refractivity contribution in [2.24, 2.45) is 22.6 Å². The molecule has 10 nitrogen and oxygen atoms in total. The monoisotopic (exact) mass is 604 g/mol. The number of halogens is 1. The zero-order chi connectivity index (χ0) is 30.7. The minimum Gasteiger partial charge on any atom is -0.388 e. The van der Waals surface area contributed by atoms with E-state index in [4.69, 9.17) is 32.5 Å². The van der Waals surface area contributed by atoms with Gasteiger partial charge in [-0.05, 0) is 55.9 Å². The lowest BCUT2D eigenvalue weighted by Crippen LogP contribution is -2.48. The van der Waals surface area contributed by atoms with Gasteiger partial charge in [0.05, 0.1) is 5.56 Å². The second-order valence-electron chi connectivity index (χ2n) is 12.0. The van der Waals surface area contributed by atoms with Gasteiger partial charge in [0.2, 0.25) is 17.7 Å². The number of carbonyl (C=O) groups is 1. The molecular formula is C32H39ClN7O3+. The summed E-state index contributed by atoms with van der Waals surface area (Å²) >= 11 is 6.53. The van der Waals surface area contributed by atoms with Crippen LogP contribution in [-0.4, -0.2) is 47.0 Å². The van der Waals surface area contributed by atoms with Crippen LogP contribution in [0.1, 0.15) is 69.0 Å². The second-order valence-corrected chi connectivity index (χ2v) is 12.4. The smallest absolute Gasteiger partial charge is 0.388 e. The molecule has 4 N–H and O–H groups in total. The van der Waals surface area contributed by atoms with Gasteiger partial charge in [-0.3, -0.25) is 10.6 Å². The molecule has 2 fully saturated rings. The number of rotatable bonds is 9. The number of hydrogen-bond acceptors (Lipinski definition) is 8. The van der Waals surface area contributed by atoms with Crippen LogP contribution < -0.4 is 15.4 Å². The Labute approximate surface area is 257 Å². The lowest BCUT2D eigenvalue weighted by molar-refractivity contribution is -0.908. The Bertz CT molecular complexity index is 1500. The van der Waals surface area contributed by atoms with E-state index in [1.165, 1.54) is 24.6 Å². The number of aromatic nitrogens is 3. The highest BCUT2D eigenvalue weighted by molar-refractivity contribution is 6.31. The summed E-state index contributed by atoms with van der Waals surface area (Å²) in [6, 6.07) is 12.3. The number of benzene rings is 1. The van der Waals surface area contributed by atoms with Crippen LogP contribution in [0.25, 0.3) is 11.3 Å². The van der Waals surface area contributed by atoms with Gasteiger partial charge in [0.25, 0.3) is 5.90 Å². The van der Waals surface area contributed by atoms with Gasteiger partial charge in [0.15, 0.2) is 5.82 Å². The average molecular weight is 605 g/mol. The van der Waals surface area contributed by atoms with Crippen LogP contribution in [0, 0.1) is 24.2 Å². The molecule has 0 bridgehead atoms. The number of aliphatic imine (C=N–C) groups is 1. The SMILES string of the molecule is C=Nc1nc(C(=N)OC(N)=O)nc(-c2cc(Cl)c(C)[n+](O)c2)c1N(CC1CCC(C)CC1)CC1(c2ccccc2)CCC1. The first-order chi connectivity index (χ1) is 20.6. The lowest BCUT2D eigenvalue weighted by atomic mass is 9.64. The van der Waals surface area contributed by atoms with Crippen LogP contribution in [0.2, 0.25) is 5.02 Å². The number of nitrogens with two attached hydrogens (primary N) is 1. The standard InChI is InChI=1S/C32H38ClN7O3/c1-20-10-12-22(13-11-20)17-39(19-32(14-7-15-32)24-8-5-4-6-9-24)27-26(23-16-25(33)21(2)40(42)18-23)37-30(38-29(27)36-3)28(34)43-31(35)41/h4-6,8-9,16,18,20,22,34H,3,7,10-15,17,19H2,1-2H3,(H2-,35,41,42)/p+1. The molecular weight excluding hydrogens is 566 g/mol. The molecule has 2 aliphatic carbocycles. The number of nitrogens with zero attached hydrogens (tertiary/aromatic N) is 5. The summed E-state index contributed by atoms with van der Waals surface area (Å²) < 4.78 is 5.78. The van der Waals surface area contributed by atoms with Crippen molar-refractivity contribution in [2.45, 2.75) is 64.2 Å². The number of amides is 1. The van der Waals surface area contributed by atoms with E-state index in [9.17, 15) is 10.0 Å². The van der Waals surface area contributed by atoms with Crippen LogP contribution in [0.15, 0.2) is 47.6 Å². The van der Waals surface area contributed by atoms with E-state index >= 15 is 0 Å². The van der Waals surface area contributed by atoms with Crippen molar-refractivity contribution >= 4 is 41.8 Å². The van der Waals surface area contributed by atoms with E-state index in [-0.39, 0.29) is 17.1 Å². The number of anilines is 1. The van der Waals surface area contributed by atoms with E-state index in [2.05, 4.69) is 52.8 Å². The van der Waals surface area contributed by atoms with Crippen molar-refractivity contribution in [1.82, 2.24) is 9.97 Å². The van der Waals surface area contributed by atoms with Crippen molar-refractivity contribution in [2.75, 3.05) is 18.0 Å². The molecule has 0 aliphatic heterocycles. The Balaban J connectivity index is 1.70. The van der Waals surface area contributed by atoms with Gasteiger partial charge in [-0.15, -0.1) is 0 Å². The number of ether oxygens (including phenoxy) is 1. The van der Waals surface area contributed by atoms with Gasteiger partial charge in [-0.1, -0.05) is 68.1 Å². The van der Waals surface area contributed by atoms with Gasteiger partial charge in [0, 0.05) is 30.2 Å². The molecule has 43 heavy (non-hydrogen) atoms. The third-order valence-corrected chi connectivity index (χ3v) is 9.43. The molecule has 0 unspecified atom stereocenters. The molecule has 5 rings (SSSR count). The fraction of sp³-hybridized carbons (Fsp3) is 0.438. The molecule has 3 aromatic rings. The molecule has 226 valence electrons. The fourth-order valence-corrected chi connectivity index (χ4v) is 6.60. The summed E-state index contributed by atoms with van der Waals surface area (Å²) in [4.78, 5) is 27.3. The summed E-state index contributed by atoms with van der Waals surface area (Å²) in [5, 5.41) is 19.3. The fourth-order valence-electron chi connectivity index (χ4n) is 6.40. The zero-order valence-electron chi connectivity index (χ0n) is 24.7. The third-order valence-electron chi connectivity index (χ3n) is 9.05. The van der Waals surface area contributed by atoms with Crippen molar-refractivity contribution in [1.29, 1.82) is 5.41 Å². The first kappa shape index (κ1) is 30.4. The van der Waals surface area contributed by atoms with Gasteiger partial charge >= 0.3 is 6.09 Å². The Morgan fingerprint density at radius 2 is 1.95 bits per heavy atom. The summed E-state index contributed by atoms with van der Waals surface area (Å²) in [5.74, 6) is 0.601. The molecule has 1 aromatic carbocycles. The molecule has 2 heterocycles. The van der Waals surface area contributed by atoms with Gasteiger partial charge in [-0.2, -0.15) is 0 Å². The van der Waals surface area contributed by atoms with Crippen molar-refractivity contribution in [3.8, 4) is 11.3 Å². The van der Waals surface area contributed by atoms with Crippen LogP contribution in [0.3, 0.4) is 0 Å². The summed E-state index contributed by atoms with van der Waals surface area (Å²) in [6.45, 7) is 9.28. The molecule has 0 saturated heterocycles. The zero-order valence-corrected chi connectivity index (χ0v) is 25.5. The average Bonchev–Trinajstić information content (AvgIpc) is 2.97. The van der Waals surface area contributed by atoms with Crippen LogP contribution in [-0.2, 0) is 10.2 Å². The van der Waals surface area contributed by atoms with Gasteiger partial charge in [-0.25, -0.2) is 19.8 Å². The van der Waals surface area contributed by atoms with Crippen molar-refractivity contribution < 1.29 is 19.5 Å². The maximum absolute atomic E-state index is 11.5. The predicted molar refractivity (Wildman–Crippen MR) is 167 cm³/mol. The minimum atomic E-state index is -1.15. The Morgan fingerprint density at radius 3 is 2.53 bits per heavy atom. The van der Waals surface area contributed by atoms with Crippen LogP contribution in [0.4, 0.5) is 16.3 Å². The minimum absolute atomic E-state index is 0.0683. The number of primary amides is 1. The lowest BCUT2D eigenvalue weighted by Gasteiger charge is -2.47. The quantitative estimate of drug-likeness (QED) is 0.116. The van der Waals surface area contributed by atoms with Crippen molar-refractivity contribution in [3.05, 3.63) is 64.7 Å². The summed E-state index contributed by atoms with van der Waals surface area (Å²) in [5.41, 5.74) is 8.38. The third kappa shape index (κ3) is 6.49. The largest absolute Gasteiger partial charge is 0.411 e. The Morgan fingerprint density at radius 1 is 1.26 bits per heavy atom. The van der Waals surface area contributed by atoms with Gasteiger partial charge < -0.3 is 15.4 Å². The van der Waals surface area contributed by atoms with Crippen molar-refractivity contribution in [3.63, 3.8) is 0 Å². The Kier molecular flexibility index (Phi) is 8.96. The number of hydrogen-bond donors (Lipinski definition) is 3. The van der Waals surface area contributed by atoms with Gasteiger partial charge in [0.1, 0.15) is 16.4 Å². The maximum atomic E-state index is 11.5. The number of pyridine rings is 1. The second kappa shape index (κ2) is 12.7. The molecule has 11 heteroatoms. The topological polar surface area (TPSA) is 142 Å². The summed E-state index contributed by atoms with van der Waals surface area (Å²) in [6.07, 6.45) is 8.18. The molecule has 0 spiro atoms. The summed E-state index contributed by atoms with van der Waals surface area (Å²) in [7, 11) is 0. The van der Waals surface area contributed by atoms with E-state index in [1.54, 1.807) is 13.0 Å². The van der Waals surface area contributed by atoms with Crippen LogP contribution in [0.5, 0.6) is 0 Å². The van der Waals surface area contributed by atoms with E-state index < -0.39 is 12.0 Å². The highest BCUT2D eigenvalue weighted by Gasteiger charge is 2.42. The first-order valence-electron chi connectivity index (χ1n) is 14.8. The number of carbonyl (C=O) groups excluding carboxylic acids is 1. The van der Waals surface area contributed by atoms with E-state index in [0.717, 1.165) is 43.4 Å². The maximum Gasteiger partial charge on any atom is 0.411 e. The number of nitrogens with one attached hydrogen (secondary N) is 1. The molecule has 2 aromatic heterocycles. The Hall–Kier alpha value is -4.05.